The SMILES string of the molecule is Cc1cc2c3c4c(cccc14)C(C)(C)c1cc(N(c4ccc(C(C)(C)C)cc4)c4ccc5c(c4)C(C)(C)c4ccccc4N5c4ccc(C(C)(C)C)cc4)cc(c1-3)C2(C)C. The number of rotatable bonds is 4. The van der Waals surface area contributed by atoms with Crippen molar-refractivity contribution in [2.24, 2.45) is 0 Å². The Kier molecular flexibility index (Phi) is 8.03. The van der Waals surface area contributed by atoms with Gasteiger partial charge in [-0.1, -0.05) is 150 Å². The molecule has 0 spiro atoms. The van der Waals surface area contributed by atoms with Crippen LogP contribution in [0.1, 0.15) is 133 Å². The van der Waals surface area contributed by atoms with Gasteiger partial charge in [0.05, 0.1) is 11.4 Å². The summed E-state index contributed by atoms with van der Waals surface area (Å²) in [6, 6.07) is 49.4. The molecule has 0 fully saturated rings. The van der Waals surface area contributed by atoms with Crippen molar-refractivity contribution in [2.75, 3.05) is 9.80 Å². The number of fused-ring (bicyclic) bond motifs is 2. The fourth-order valence-electron chi connectivity index (χ4n) is 11.0. The van der Waals surface area contributed by atoms with Crippen LogP contribution in [0.25, 0.3) is 21.9 Å². The van der Waals surface area contributed by atoms with E-state index in [0.29, 0.717) is 0 Å². The Morgan fingerprint density at radius 3 is 1.57 bits per heavy atom. The van der Waals surface area contributed by atoms with E-state index in [1.807, 2.05) is 0 Å². The van der Waals surface area contributed by atoms with E-state index in [-0.39, 0.29) is 27.1 Å². The summed E-state index contributed by atoms with van der Waals surface area (Å²) in [4.78, 5) is 5.02. The zero-order valence-corrected chi connectivity index (χ0v) is 38.0. The van der Waals surface area contributed by atoms with Gasteiger partial charge in [0.15, 0.2) is 0 Å². The first-order chi connectivity index (χ1) is 28.2. The molecule has 60 heavy (non-hydrogen) atoms. The highest BCUT2D eigenvalue weighted by Crippen LogP contribution is 2.61. The van der Waals surface area contributed by atoms with Crippen molar-refractivity contribution >= 4 is 44.9 Å². The predicted molar refractivity (Wildman–Crippen MR) is 257 cm³/mol. The van der Waals surface area contributed by atoms with E-state index >= 15 is 0 Å². The van der Waals surface area contributed by atoms with Gasteiger partial charge in [-0.15, -0.1) is 0 Å². The molecular weight excluding hydrogens is 725 g/mol. The molecule has 0 saturated heterocycles. The molecule has 3 aliphatic rings. The third kappa shape index (κ3) is 5.38. The molecule has 0 unspecified atom stereocenters. The van der Waals surface area contributed by atoms with Crippen LogP contribution in [0.3, 0.4) is 0 Å². The van der Waals surface area contributed by atoms with E-state index in [4.69, 9.17) is 0 Å². The molecule has 302 valence electrons. The number of nitrogens with zero attached hydrogens (tertiary/aromatic N) is 2. The first-order valence-electron chi connectivity index (χ1n) is 22.0. The van der Waals surface area contributed by atoms with Crippen LogP contribution in [0, 0.1) is 6.92 Å². The summed E-state index contributed by atoms with van der Waals surface area (Å²) < 4.78 is 0. The van der Waals surface area contributed by atoms with Crippen molar-refractivity contribution in [1.29, 1.82) is 0 Å². The second-order valence-corrected chi connectivity index (χ2v) is 21.6. The lowest BCUT2D eigenvalue weighted by atomic mass is 9.68. The van der Waals surface area contributed by atoms with Crippen molar-refractivity contribution in [1.82, 2.24) is 0 Å². The smallest absolute Gasteiger partial charge is 0.0504 e. The van der Waals surface area contributed by atoms with Gasteiger partial charge in [0.1, 0.15) is 0 Å². The Morgan fingerprint density at radius 1 is 0.433 bits per heavy atom. The fourth-order valence-corrected chi connectivity index (χ4v) is 11.0. The van der Waals surface area contributed by atoms with Crippen LogP contribution in [0.5, 0.6) is 0 Å². The van der Waals surface area contributed by atoms with Gasteiger partial charge in [-0.3, -0.25) is 0 Å². The van der Waals surface area contributed by atoms with Crippen LogP contribution in [-0.4, -0.2) is 0 Å². The van der Waals surface area contributed by atoms with Crippen molar-refractivity contribution in [3.63, 3.8) is 0 Å². The van der Waals surface area contributed by atoms with Crippen LogP contribution in [0.4, 0.5) is 34.1 Å². The topological polar surface area (TPSA) is 6.48 Å². The lowest BCUT2D eigenvalue weighted by Crippen LogP contribution is -2.31. The van der Waals surface area contributed by atoms with Crippen molar-refractivity contribution < 1.29 is 0 Å². The highest BCUT2D eigenvalue weighted by atomic mass is 15.2. The van der Waals surface area contributed by atoms with Gasteiger partial charge in [0, 0.05) is 39.0 Å². The lowest BCUT2D eigenvalue weighted by molar-refractivity contribution is 0.590. The molecule has 0 amide bonds. The average molecular weight is 785 g/mol. The molecule has 1 heterocycles. The van der Waals surface area contributed by atoms with E-state index in [1.165, 1.54) is 106 Å². The highest BCUT2D eigenvalue weighted by molar-refractivity contribution is 6.10. The quantitative estimate of drug-likeness (QED) is 0.175. The van der Waals surface area contributed by atoms with E-state index in [2.05, 4.69) is 227 Å². The van der Waals surface area contributed by atoms with Crippen molar-refractivity contribution in [3.05, 3.63) is 177 Å². The van der Waals surface area contributed by atoms with Crippen LogP contribution in [0.2, 0.25) is 0 Å². The molecule has 0 saturated carbocycles. The lowest BCUT2D eigenvalue weighted by Gasteiger charge is -2.43. The van der Waals surface area contributed by atoms with Gasteiger partial charge >= 0.3 is 0 Å². The molecule has 7 aromatic carbocycles. The van der Waals surface area contributed by atoms with Crippen molar-refractivity contribution in [3.8, 4) is 11.1 Å². The minimum atomic E-state index is -0.242. The Morgan fingerprint density at radius 2 is 0.933 bits per heavy atom. The second kappa shape index (κ2) is 12.5. The monoisotopic (exact) mass is 784 g/mol. The Labute approximate surface area is 358 Å². The zero-order chi connectivity index (χ0) is 42.5. The van der Waals surface area contributed by atoms with Gasteiger partial charge in [-0.2, -0.15) is 0 Å². The fraction of sp³-hybridized carbons (Fsp3) is 0.310. The van der Waals surface area contributed by atoms with Gasteiger partial charge in [-0.25, -0.2) is 0 Å². The average Bonchev–Trinajstić information content (AvgIpc) is 3.42. The third-order valence-corrected chi connectivity index (χ3v) is 14.6. The summed E-state index contributed by atoms with van der Waals surface area (Å²) >= 11 is 0. The summed E-state index contributed by atoms with van der Waals surface area (Å²) in [5.74, 6) is 0. The summed E-state index contributed by atoms with van der Waals surface area (Å²) in [6.07, 6.45) is 0. The molecule has 2 aliphatic carbocycles. The van der Waals surface area contributed by atoms with Crippen molar-refractivity contribution in [2.45, 2.75) is 117 Å². The summed E-state index contributed by atoms with van der Waals surface area (Å²) in [6.45, 7) is 30.6. The first-order valence-corrected chi connectivity index (χ1v) is 22.0. The molecule has 1 aliphatic heterocycles. The number of hydrogen-bond donors (Lipinski definition) is 0. The summed E-state index contributed by atoms with van der Waals surface area (Å²) in [5, 5.41) is 2.84. The number of benzene rings is 7. The Balaban J connectivity index is 1.22. The molecule has 0 bridgehead atoms. The van der Waals surface area contributed by atoms with Crippen LogP contribution >= 0.6 is 0 Å². The van der Waals surface area contributed by atoms with E-state index in [0.717, 1.165) is 0 Å². The molecular formula is C58H60N2. The largest absolute Gasteiger partial charge is 0.310 e. The maximum absolute atomic E-state index is 2.54. The highest BCUT2D eigenvalue weighted by Gasteiger charge is 2.46. The number of aryl methyl sites for hydroxylation is 1. The Bertz CT molecular complexity index is 2910. The molecule has 2 nitrogen and oxygen atoms in total. The van der Waals surface area contributed by atoms with Gasteiger partial charge in [0.25, 0.3) is 0 Å². The van der Waals surface area contributed by atoms with Crippen LogP contribution < -0.4 is 9.80 Å². The Hall–Kier alpha value is -5.60. The van der Waals surface area contributed by atoms with Crippen LogP contribution in [-0.2, 0) is 27.1 Å². The minimum Gasteiger partial charge on any atom is -0.310 e. The maximum Gasteiger partial charge on any atom is 0.0504 e. The summed E-state index contributed by atoms with van der Waals surface area (Å²) in [5.41, 5.74) is 22.1. The predicted octanol–water partition coefficient (Wildman–Crippen LogP) is 16.3. The standard InChI is InChI=1S/C58H60N2/c1-35-31-46-53-51-42(35)17-16-19-44(51)57(10,11)47-33-41(34-48(52(47)53)58(46,12)13)59(38-25-21-36(22-26-38)54(2,3)4)40-29-30-50-45(32-40)56(8,9)43-18-14-15-20-49(43)60(50)39-27-23-37(24-28-39)55(5,6)7/h14-34H,1-13H3. The van der Waals surface area contributed by atoms with Gasteiger partial charge in [0.2, 0.25) is 0 Å². The molecule has 0 N–H and O–H groups in total. The number of para-hydroxylation sites is 1. The molecule has 0 radical (unpaired) electrons. The number of hydrogen-bond acceptors (Lipinski definition) is 2. The van der Waals surface area contributed by atoms with E-state index in [9.17, 15) is 0 Å². The van der Waals surface area contributed by atoms with Crippen LogP contribution in [0.15, 0.2) is 127 Å². The molecule has 2 heteroatoms. The normalized spacial score (nSPS) is 16.4. The molecule has 10 rings (SSSR count). The molecule has 0 aromatic heterocycles. The number of anilines is 6. The second-order valence-electron chi connectivity index (χ2n) is 21.6. The third-order valence-electron chi connectivity index (χ3n) is 14.6. The molecule has 7 aromatic rings. The van der Waals surface area contributed by atoms with Gasteiger partial charge in [-0.05, 0) is 150 Å². The molecule has 0 atom stereocenters. The minimum absolute atomic E-state index is 0.0512. The first kappa shape index (κ1) is 38.6. The summed E-state index contributed by atoms with van der Waals surface area (Å²) in [7, 11) is 0. The van der Waals surface area contributed by atoms with E-state index < -0.39 is 0 Å². The van der Waals surface area contributed by atoms with Gasteiger partial charge < -0.3 is 9.80 Å². The van der Waals surface area contributed by atoms with E-state index in [1.54, 1.807) is 0 Å². The zero-order valence-electron chi connectivity index (χ0n) is 38.0. The maximum atomic E-state index is 2.54.